The summed E-state index contributed by atoms with van der Waals surface area (Å²) in [4.78, 5) is 23.4. The van der Waals surface area contributed by atoms with Gasteiger partial charge in [-0.05, 0) is 37.1 Å². The first-order chi connectivity index (χ1) is 14.9. The van der Waals surface area contributed by atoms with Gasteiger partial charge >= 0.3 is 6.55 Å². The summed E-state index contributed by atoms with van der Waals surface area (Å²) in [6.45, 7) is 2.29. The van der Waals surface area contributed by atoms with Crippen LogP contribution in [0.25, 0.3) is 16.8 Å². The number of halogens is 2. The van der Waals surface area contributed by atoms with Gasteiger partial charge in [0, 0.05) is 60.5 Å². The maximum Gasteiger partial charge on any atom is 0.333 e. The Labute approximate surface area is 175 Å². The van der Waals surface area contributed by atoms with Crippen molar-refractivity contribution in [2.24, 2.45) is 0 Å². The van der Waals surface area contributed by atoms with E-state index in [-0.39, 0.29) is 5.56 Å². The van der Waals surface area contributed by atoms with E-state index in [2.05, 4.69) is 25.1 Å². The van der Waals surface area contributed by atoms with Gasteiger partial charge in [-0.25, -0.2) is 9.67 Å². The molecule has 0 spiro atoms. The zero-order valence-electron chi connectivity index (χ0n) is 17.0. The van der Waals surface area contributed by atoms with E-state index in [0.717, 1.165) is 22.4 Å². The lowest BCUT2D eigenvalue weighted by Crippen LogP contribution is -2.33. The van der Waals surface area contributed by atoms with Gasteiger partial charge in [0.25, 0.3) is 5.56 Å². The van der Waals surface area contributed by atoms with Crippen LogP contribution in [0.15, 0.2) is 41.6 Å². The van der Waals surface area contributed by atoms with Crippen LogP contribution in [0, 0.1) is 13.8 Å². The third-order valence-corrected chi connectivity index (χ3v) is 5.42. The third kappa shape index (κ3) is 3.43. The summed E-state index contributed by atoms with van der Waals surface area (Å²) in [5, 5.41) is 8.27. The van der Waals surface area contributed by atoms with Crippen molar-refractivity contribution >= 4 is 11.5 Å². The monoisotopic (exact) mass is 423 g/mol. The van der Waals surface area contributed by atoms with Gasteiger partial charge in [-0.2, -0.15) is 18.4 Å². The van der Waals surface area contributed by atoms with Crippen LogP contribution in [-0.2, 0) is 13.0 Å². The molecule has 0 amide bonds. The zero-order chi connectivity index (χ0) is 21.7. The van der Waals surface area contributed by atoms with Crippen molar-refractivity contribution in [2.45, 2.75) is 33.4 Å². The number of hydrogen-bond acceptors (Lipinski definition) is 6. The van der Waals surface area contributed by atoms with E-state index >= 15 is 0 Å². The second kappa shape index (κ2) is 7.22. The van der Waals surface area contributed by atoms with Crippen molar-refractivity contribution in [1.82, 2.24) is 29.4 Å². The molecule has 0 radical (unpaired) electrons. The Bertz CT molecular complexity index is 1360. The van der Waals surface area contributed by atoms with Gasteiger partial charge in [-0.15, -0.1) is 5.10 Å². The average Bonchev–Trinajstić information content (AvgIpc) is 3.23. The van der Waals surface area contributed by atoms with E-state index in [0.29, 0.717) is 46.9 Å². The molecule has 0 aromatic carbocycles. The fourth-order valence-electron chi connectivity index (χ4n) is 3.91. The molecule has 4 aromatic heterocycles. The molecule has 0 aliphatic carbocycles. The van der Waals surface area contributed by atoms with Crippen LogP contribution in [0.5, 0.6) is 0 Å². The van der Waals surface area contributed by atoms with E-state index in [1.165, 1.54) is 23.0 Å². The van der Waals surface area contributed by atoms with Crippen LogP contribution in [0.2, 0.25) is 0 Å². The highest BCUT2D eigenvalue weighted by molar-refractivity contribution is 5.63. The quantitative estimate of drug-likeness (QED) is 0.504. The first-order valence-electron chi connectivity index (χ1n) is 9.83. The molecule has 8 nitrogen and oxygen atoms in total. The number of aromatic nitrogens is 6. The molecule has 1 aliphatic rings. The van der Waals surface area contributed by atoms with E-state index in [1.807, 2.05) is 19.1 Å². The number of fused-ring (bicyclic) bond motifs is 2. The molecular weight excluding hydrogens is 404 g/mol. The summed E-state index contributed by atoms with van der Waals surface area (Å²) in [5.41, 5.74) is 5.14. The van der Waals surface area contributed by atoms with Crippen molar-refractivity contribution in [1.29, 1.82) is 0 Å². The number of hydrogen-bond donors (Lipinski definition) is 0. The maximum absolute atomic E-state index is 12.9. The molecular formula is C21H19F2N7O. The Balaban J connectivity index is 1.50. The van der Waals surface area contributed by atoms with Crippen molar-refractivity contribution in [3.63, 3.8) is 0 Å². The number of alkyl halides is 2. The predicted octanol–water partition coefficient (Wildman–Crippen LogP) is 2.92. The standard InChI is InChI=1S/C21H19F2N7O/c1-12-5-18-26-13(2)6-19(31)30(18)27-20(12)28-4-3-17-15(10-28)7-14(8-24-17)16-9-25-29(11-16)21(22)23/h5-9,11,21H,3-4,10H2,1-2H3. The van der Waals surface area contributed by atoms with Gasteiger partial charge in [0.1, 0.15) is 0 Å². The zero-order valence-corrected chi connectivity index (χ0v) is 17.0. The molecule has 0 saturated heterocycles. The van der Waals surface area contributed by atoms with E-state index in [1.54, 1.807) is 13.1 Å². The molecule has 0 fully saturated rings. The summed E-state index contributed by atoms with van der Waals surface area (Å²) >= 11 is 0. The lowest BCUT2D eigenvalue weighted by atomic mass is 10.0. The van der Waals surface area contributed by atoms with Gasteiger partial charge in [0.2, 0.25) is 0 Å². The Morgan fingerprint density at radius 1 is 1.10 bits per heavy atom. The second-order valence-corrected chi connectivity index (χ2v) is 7.64. The molecule has 0 atom stereocenters. The fraction of sp³-hybridized carbons (Fsp3) is 0.286. The highest BCUT2D eigenvalue weighted by atomic mass is 19.3. The average molecular weight is 423 g/mol. The van der Waals surface area contributed by atoms with Crippen molar-refractivity contribution < 1.29 is 8.78 Å². The number of pyridine rings is 1. The van der Waals surface area contributed by atoms with E-state index < -0.39 is 6.55 Å². The lowest BCUT2D eigenvalue weighted by molar-refractivity contribution is 0.0566. The van der Waals surface area contributed by atoms with Crippen LogP contribution < -0.4 is 10.5 Å². The van der Waals surface area contributed by atoms with Crippen LogP contribution in [-0.4, -0.2) is 35.9 Å². The van der Waals surface area contributed by atoms with Gasteiger partial charge < -0.3 is 4.90 Å². The smallest absolute Gasteiger partial charge is 0.333 e. The third-order valence-electron chi connectivity index (χ3n) is 5.42. The summed E-state index contributed by atoms with van der Waals surface area (Å²) in [6.07, 6.45) is 5.12. The van der Waals surface area contributed by atoms with Crippen LogP contribution in [0.3, 0.4) is 0 Å². The summed E-state index contributed by atoms with van der Waals surface area (Å²) in [7, 11) is 0. The van der Waals surface area contributed by atoms with Gasteiger partial charge in [0.15, 0.2) is 11.5 Å². The topological polar surface area (TPSA) is 81.2 Å². The number of aryl methyl sites for hydroxylation is 2. The van der Waals surface area contributed by atoms with Crippen LogP contribution >= 0.6 is 0 Å². The molecule has 158 valence electrons. The normalized spacial score (nSPS) is 13.8. The summed E-state index contributed by atoms with van der Waals surface area (Å²) in [6, 6.07) is 5.27. The molecule has 5 rings (SSSR count). The van der Waals surface area contributed by atoms with E-state index in [9.17, 15) is 13.6 Å². The summed E-state index contributed by atoms with van der Waals surface area (Å²) < 4.78 is 27.6. The minimum Gasteiger partial charge on any atom is -0.350 e. The lowest BCUT2D eigenvalue weighted by Gasteiger charge is -2.30. The number of anilines is 1. The minimum absolute atomic E-state index is 0.221. The SMILES string of the molecule is Cc1cc(=O)n2nc(N3CCc4ncc(-c5cnn(C(F)F)c5)cc4C3)c(C)cc2n1. The molecule has 10 heteroatoms. The Morgan fingerprint density at radius 3 is 2.71 bits per heavy atom. The first kappa shape index (κ1) is 19.3. The summed E-state index contributed by atoms with van der Waals surface area (Å²) in [5.74, 6) is 0.710. The first-order valence-corrected chi connectivity index (χ1v) is 9.83. The minimum atomic E-state index is -2.68. The number of nitrogens with zero attached hydrogens (tertiary/aromatic N) is 7. The van der Waals surface area contributed by atoms with Crippen molar-refractivity contribution in [2.75, 3.05) is 11.4 Å². The largest absolute Gasteiger partial charge is 0.350 e. The molecule has 4 aromatic rings. The molecule has 31 heavy (non-hydrogen) atoms. The molecule has 5 heterocycles. The fourth-order valence-corrected chi connectivity index (χ4v) is 3.91. The van der Waals surface area contributed by atoms with Crippen LogP contribution in [0.4, 0.5) is 14.6 Å². The second-order valence-electron chi connectivity index (χ2n) is 7.64. The van der Waals surface area contributed by atoms with Gasteiger partial charge in [-0.3, -0.25) is 9.78 Å². The Morgan fingerprint density at radius 2 is 1.94 bits per heavy atom. The predicted molar refractivity (Wildman–Crippen MR) is 110 cm³/mol. The Hall–Kier alpha value is -3.69. The molecule has 1 aliphatic heterocycles. The van der Waals surface area contributed by atoms with Crippen molar-refractivity contribution in [3.8, 4) is 11.1 Å². The highest BCUT2D eigenvalue weighted by Gasteiger charge is 2.22. The molecule has 0 saturated carbocycles. The molecule has 0 bridgehead atoms. The van der Waals surface area contributed by atoms with Gasteiger partial charge in [-0.1, -0.05) is 0 Å². The number of rotatable bonds is 3. The van der Waals surface area contributed by atoms with Crippen molar-refractivity contribution in [3.05, 3.63) is 69.7 Å². The Kier molecular flexibility index (Phi) is 4.49. The van der Waals surface area contributed by atoms with E-state index in [4.69, 9.17) is 0 Å². The molecule has 0 N–H and O–H groups in total. The maximum atomic E-state index is 12.9. The molecule has 0 unspecified atom stereocenters. The van der Waals surface area contributed by atoms with Crippen LogP contribution in [0.1, 0.15) is 29.1 Å². The van der Waals surface area contributed by atoms with Gasteiger partial charge in [0.05, 0.1) is 6.20 Å². The highest BCUT2D eigenvalue weighted by Crippen LogP contribution is 2.28.